The van der Waals surface area contributed by atoms with Crippen molar-refractivity contribution in [2.45, 2.75) is 6.54 Å². The van der Waals surface area contributed by atoms with Crippen molar-refractivity contribution in [1.82, 2.24) is 5.32 Å². The van der Waals surface area contributed by atoms with E-state index in [1.165, 1.54) is 12.1 Å². The molecule has 2 aromatic rings. The molecule has 0 saturated heterocycles. The van der Waals surface area contributed by atoms with Crippen molar-refractivity contribution in [1.29, 1.82) is 0 Å². The van der Waals surface area contributed by atoms with E-state index >= 15 is 0 Å². The number of carbonyl (C=O) groups is 1. The number of thiophene rings is 1. The van der Waals surface area contributed by atoms with Gasteiger partial charge >= 0.3 is 5.00 Å². The first-order chi connectivity index (χ1) is 9.65. The van der Waals surface area contributed by atoms with Gasteiger partial charge in [0.25, 0.3) is 0 Å². The summed E-state index contributed by atoms with van der Waals surface area (Å²) >= 11 is 1.03. The van der Waals surface area contributed by atoms with Crippen molar-refractivity contribution in [3.63, 3.8) is 0 Å². The van der Waals surface area contributed by atoms with Crippen molar-refractivity contribution in [2.75, 3.05) is 0 Å². The third-order valence-corrected chi connectivity index (χ3v) is 3.50. The van der Waals surface area contributed by atoms with Crippen molar-refractivity contribution in [3.05, 3.63) is 69.1 Å². The Morgan fingerprint density at radius 1 is 1.25 bits per heavy atom. The largest absolute Gasteiger partial charge is 0.348 e. The van der Waals surface area contributed by atoms with Gasteiger partial charge < -0.3 is 5.32 Å². The van der Waals surface area contributed by atoms with E-state index in [1.54, 1.807) is 12.1 Å². The van der Waals surface area contributed by atoms with Gasteiger partial charge in [0.15, 0.2) is 0 Å². The lowest BCUT2D eigenvalue weighted by Crippen LogP contribution is -2.19. The van der Waals surface area contributed by atoms with E-state index in [2.05, 4.69) is 5.32 Å². The topological polar surface area (TPSA) is 72.2 Å². The van der Waals surface area contributed by atoms with E-state index in [9.17, 15) is 14.9 Å². The van der Waals surface area contributed by atoms with Gasteiger partial charge in [-0.3, -0.25) is 14.9 Å². The lowest BCUT2D eigenvalue weighted by molar-refractivity contribution is -0.380. The summed E-state index contributed by atoms with van der Waals surface area (Å²) in [4.78, 5) is 22.4. The quantitative estimate of drug-likeness (QED) is 0.522. The minimum Gasteiger partial charge on any atom is -0.348 e. The minimum absolute atomic E-state index is 0.0642. The second-order valence-electron chi connectivity index (χ2n) is 3.97. The summed E-state index contributed by atoms with van der Waals surface area (Å²) in [5.41, 5.74) is 1.01. The van der Waals surface area contributed by atoms with Crippen LogP contribution in [0.2, 0.25) is 0 Å². The van der Waals surface area contributed by atoms with E-state index in [1.807, 2.05) is 30.3 Å². The molecular weight excluding hydrogens is 276 g/mol. The van der Waals surface area contributed by atoms with Crippen LogP contribution in [0.3, 0.4) is 0 Å². The second kappa shape index (κ2) is 6.63. The van der Waals surface area contributed by atoms with Crippen LogP contribution in [-0.4, -0.2) is 10.8 Å². The fourth-order valence-corrected chi connectivity index (χ4v) is 2.26. The molecule has 102 valence electrons. The Morgan fingerprint density at radius 2 is 2.00 bits per heavy atom. The second-order valence-corrected chi connectivity index (χ2v) is 5.06. The number of carbonyl (C=O) groups excluding carboxylic acids is 1. The zero-order chi connectivity index (χ0) is 14.4. The molecule has 0 aliphatic rings. The normalized spacial score (nSPS) is 10.6. The Hall–Kier alpha value is -2.47. The van der Waals surface area contributed by atoms with Gasteiger partial charge in [-0.2, -0.15) is 0 Å². The highest BCUT2D eigenvalue weighted by atomic mass is 32.1. The zero-order valence-corrected chi connectivity index (χ0v) is 11.3. The van der Waals surface area contributed by atoms with Gasteiger partial charge in [0.1, 0.15) is 0 Å². The third kappa shape index (κ3) is 4.03. The van der Waals surface area contributed by atoms with Gasteiger partial charge in [-0.25, -0.2) is 0 Å². The fourth-order valence-electron chi connectivity index (χ4n) is 1.53. The van der Waals surface area contributed by atoms with Crippen LogP contribution in [0.4, 0.5) is 5.00 Å². The van der Waals surface area contributed by atoms with Crippen molar-refractivity contribution < 1.29 is 9.72 Å². The van der Waals surface area contributed by atoms with E-state index in [0.717, 1.165) is 16.9 Å². The predicted molar refractivity (Wildman–Crippen MR) is 78.3 cm³/mol. The van der Waals surface area contributed by atoms with Crippen LogP contribution < -0.4 is 5.32 Å². The molecule has 6 heteroatoms. The lowest BCUT2D eigenvalue weighted by atomic mass is 10.2. The van der Waals surface area contributed by atoms with Crippen molar-refractivity contribution in [2.24, 2.45) is 0 Å². The van der Waals surface area contributed by atoms with Gasteiger partial charge in [0, 0.05) is 23.6 Å². The van der Waals surface area contributed by atoms with Gasteiger partial charge in [-0.1, -0.05) is 41.7 Å². The SMILES string of the molecule is O=C(/C=C/c1ccc([N+](=O)[O-])s1)NCc1ccccc1. The summed E-state index contributed by atoms with van der Waals surface area (Å²) in [5.74, 6) is -0.232. The Bertz CT molecular complexity index is 635. The molecule has 1 N–H and O–H groups in total. The smallest absolute Gasteiger partial charge is 0.324 e. The molecular formula is C14H12N2O3S. The van der Waals surface area contributed by atoms with Crippen LogP contribution in [0, 0.1) is 10.1 Å². The van der Waals surface area contributed by atoms with Crippen LogP contribution in [0.5, 0.6) is 0 Å². The molecule has 0 bridgehead atoms. The maximum Gasteiger partial charge on any atom is 0.324 e. The molecule has 20 heavy (non-hydrogen) atoms. The Morgan fingerprint density at radius 3 is 2.65 bits per heavy atom. The summed E-state index contributed by atoms with van der Waals surface area (Å²) in [7, 11) is 0. The standard InChI is InChI=1S/C14H12N2O3S/c17-13(15-10-11-4-2-1-3-5-11)8-6-12-7-9-14(20-12)16(18)19/h1-9H,10H2,(H,15,17)/b8-6+. The van der Waals surface area contributed by atoms with Crippen molar-refractivity contribution in [3.8, 4) is 0 Å². The molecule has 5 nitrogen and oxygen atoms in total. The highest BCUT2D eigenvalue weighted by Crippen LogP contribution is 2.24. The maximum absolute atomic E-state index is 11.6. The first-order valence-electron chi connectivity index (χ1n) is 5.89. The summed E-state index contributed by atoms with van der Waals surface area (Å²) in [6.45, 7) is 0.453. The van der Waals surface area contributed by atoms with E-state index in [0.29, 0.717) is 11.4 Å². The molecule has 1 aromatic carbocycles. The third-order valence-electron chi connectivity index (χ3n) is 2.50. The van der Waals surface area contributed by atoms with E-state index in [-0.39, 0.29) is 10.9 Å². The highest BCUT2D eigenvalue weighted by Gasteiger charge is 2.07. The number of hydrogen-bond donors (Lipinski definition) is 1. The molecule has 0 atom stereocenters. The molecule has 2 rings (SSSR count). The number of benzene rings is 1. The Labute approximate surface area is 119 Å². The van der Waals surface area contributed by atoms with Crippen LogP contribution in [0.1, 0.15) is 10.4 Å². The average Bonchev–Trinajstić information content (AvgIpc) is 2.93. The number of amides is 1. The molecule has 1 aromatic heterocycles. The van der Waals surface area contributed by atoms with Gasteiger partial charge in [-0.05, 0) is 17.7 Å². The zero-order valence-electron chi connectivity index (χ0n) is 10.5. The molecule has 0 aliphatic heterocycles. The molecule has 0 unspecified atom stereocenters. The number of hydrogen-bond acceptors (Lipinski definition) is 4. The lowest BCUT2D eigenvalue weighted by Gasteiger charge is -2.01. The number of rotatable bonds is 5. The van der Waals surface area contributed by atoms with Crippen LogP contribution in [0.25, 0.3) is 6.08 Å². The maximum atomic E-state index is 11.6. The number of nitro groups is 1. The highest BCUT2D eigenvalue weighted by molar-refractivity contribution is 7.16. The molecule has 1 heterocycles. The summed E-state index contributed by atoms with van der Waals surface area (Å²) in [6.07, 6.45) is 2.94. The Balaban J connectivity index is 1.87. The monoisotopic (exact) mass is 288 g/mol. The Kier molecular flexibility index (Phi) is 4.62. The number of nitrogens with zero attached hydrogens (tertiary/aromatic N) is 1. The molecule has 0 saturated carbocycles. The fraction of sp³-hybridized carbons (Fsp3) is 0.0714. The minimum atomic E-state index is -0.447. The molecule has 0 fully saturated rings. The summed E-state index contributed by atoms with van der Waals surface area (Å²) in [5, 5.41) is 13.3. The molecule has 1 amide bonds. The van der Waals surface area contributed by atoms with E-state index in [4.69, 9.17) is 0 Å². The van der Waals surface area contributed by atoms with Crippen LogP contribution in [0.15, 0.2) is 48.5 Å². The molecule has 0 radical (unpaired) electrons. The number of nitrogens with one attached hydrogen (secondary N) is 1. The average molecular weight is 288 g/mol. The first-order valence-corrected chi connectivity index (χ1v) is 6.71. The summed E-state index contributed by atoms with van der Waals surface area (Å²) < 4.78 is 0. The van der Waals surface area contributed by atoms with Crippen molar-refractivity contribution >= 4 is 28.3 Å². The predicted octanol–water partition coefficient (Wildman–Crippen LogP) is 2.99. The van der Waals surface area contributed by atoms with Crippen LogP contribution >= 0.6 is 11.3 Å². The molecule has 0 aliphatic carbocycles. The first kappa shape index (κ1) is 14.0. The van der Waals surface area contributed by atoms with E-state index < -0.39 is 4.92 Å². The van der Waals surface area contributed by atoms with Gasteiger partial charge in [0.05, 0.1) is 4.92 Å². The summed E-state index contributed by atoms with van der Waals surface area (Å²) in [6, 6.07) is 12.6. The van der Waals surface area contributed by atoms with Gasteiger partial charge in [-0.15, -0.1) is 0 Å². The van der Waals surface area contributed by atoms with Gasteiger partial charge in [0.2, 0.25) is 5.91 Å². The van der Waals surface area contributed by atoms with Crippen LogP contribution in [-0.2, 0) is 11.3 Å². The molecule has 0 spiro atoms.